The molecule has 2 aromatic heterocycles. The first-order valence-corrected chi connectivity index (χ1v) is 12.5. The molecule has 0 aliphatic carbocycles. The molecule has 5 rings (SSSR count). The van der Waals surface area contributed by atoms with Gasteiger partial charge in [-0.25, -0.2) is 9.69 Å². The number of benzene rings is 2. The average molecular weight is 486 g/mol. The molecule has 1 aliphatic heterocycles. The highest BCUT2D eigenvalue weighted by Crippen LogP contribution is 2.38. The maximum absolute atomic E-state index is 13.2. The van der Waals surface area contributed by atoms with Crippen LogP contribution in [0, 0.1) is 6.92 Å². The zero-order valence-corrected chi connectivity index (χ0v) is 20.3. The number of aryl methyl sites for hydroxylation is 1. The topological polar surface area (TPSA) is 82.8 Å². The van der Waals surface area contributed by atoms with Crippen molar-refractivity contribution in [2.75, 3.05) is 19.7 Å². The number of hydrogen-bond acceptors (Lipinski definition) is 6. The zero-order chi connectivity index (χ0) is 24.2. The van der Waals surface area contributed by atoms with Crippen LogP contribution in [0.2, 0.25) is 0 Å². The molecule has 3 heterocycles. The largest absolute Gasteiger partial charge is 0.395 e. The van der Waals surface area contributed by atoms with Gasteiger partial charge >= 0.3 is 0 Å². The van der Waals surface area contributed by atoms with Gasteiger partial charge in [0.1, 0.15) is 0 Å². The molecule has 8 heteroatoms. The van der Waals surface area contributed by atoms with E-state index >= 15 is 0 Å². The molecule has 2 N–H and O–H groups in total. The lowest BCUT2D eigenvalue weighted by Crippen LogP contribution is -2.36. The zero-order valence-electron chi connectivity index (χ0n) is 19.5. The number of nitrogens with one attached hydrogen (secondary N) is 1. The summed E-state index contributed by atoms with van der Waals surface area (Å²) in [7, 11) is 0. The van der Waals surface area contributed by atoms with Crippen molar-refractivity contribution < 1.29 is 9.90 Å². The van der Waals surface area contributed by atoms with E-state index in [0.717, 1.165) is 33.1 Å². The molecule has 178 valence electrons. The molecule has 0 radical (unpaired) electrons. The van der Waals surface area contributed by atoms with E-state index in [9.17, 15) is 4.79 Å². The Balaban J connectivity index is 1.58. The Hall–Kier alpha value is -3.59. The van der Waals surface area contributed by atoms with E-state index in [2.05, 4.69) is 36.5 Å². The van der Waals surface area contributed by atoms with Gasteiger partial charge in [-0.15, -0.1) is 11.3 Å². The first-order valence-electron chi connectivity index (χ1n) is 11.6. The van der Waals surface area contributed by atoms with Crippen LogP contribution in [0.4, 0.5) is 0 Å². The van der Waals surface area contributed by atoms with Crippen LogP contribution in [-0.2, 0) is 4.79 Å². The molecule has 1 atom stereocenters. The quantitative estimate of drug-likeness (QED) is 0.367. The maximum atomic E-state index is 13.2. The van der Waals surface area contributed by atoms with Crippen molar-refractivity contribution in [3.05, 3.63) is 94.3 Å². The van der Waals surface area contributed by atoms with Gasteiger partial charge in [0.2, 0.25) is 0 Å². The van der Waals surface area contributed by atoms with Gasteiger partial charge < -0.3 is 10.4 Å². The number of hydrogen-bond donors (Lipinski definition) is 2. The Kier molecular flexibility index (Phi) is 6.85. The number of nitrogens with zero attached hydrogens (tertiary/aromatic N) is 4. The predicted octanol–water partition coefficient (Wildman–Crippen LogP) is 4.17. The number of thiophene rings is 1. The number of aromatic nitrogens is 2. The first kappa shape index (κ1) is 23.2. The summed E-state index contributed by atoms with van der Waals surface area (Å²) >= 11 is 1.62. The summed E-state index contributed by atoms with van der Waals surface area (Å²) in [5, 5.41) is 25.4. The van der Waals surface area contributed by atoms with Gasteiger partial charge in [0, 0.05) is 30.3 Å². The van der Waals surface area contributed by atoms with E-state index in [0.29, 0.717) is 13.0 Å². The number of aliphatic hydroxyl groups excluding tert-OH is 1. The molecule has 1 amide bonds. The highest BCUT2D eigenvalue weighted by molar-refractivity contribution is 7.12. The van der Waals surface area contributed by atoms with Crippen molar-refractivity contribution in [1.29, 1.82) is 0 Å². The van der Waals surface area contributed by atoms with Gasteiger partial charge in [-0.2, -0.15) is 10.2 Å². The Morgan fingerprint density at radius 2 is 1.91 bits per heavy atom. The summed E-state index contributed by atoms with van der Waals surface area (Å²) in [6.45, 7) is 2.49. The second-order valence-electron chi connectivity index (χ2n) is 8.46. The van der Waals surface area contributed by atoms with Gasteiger partial charge in [-0.05, 0) is 30.5 Å². The van der Waals surface area contributed by atoms with Gasteiger partial charge in [-0.1, -0.05) is 54.1 Å². The minimum Gasteiger partial charge on any atom is -0.395 e. The Morgan fingerprint density at radius 3 is 2.63 bits per heavy atom. The average Bonchev–Trinajstić information content (AvgIpc) is 3.64. The molecule has 0 spiro atoms. The predicted molar refractivity (Wildman–Crippen MR) is 139 cm³/mol. The SMILES string of the molecule is Cc1ccc(-c2nn(-c3ccccc3)cc2[C@@H]2CC(c3cccs3)=NN2C(=O)CNCCO)cc1. The molecular formula is C27H27N5O2S. The molecule has 0 fully saturated rings. The Bertz CT molecular complexity index is 1310. The van der Waals surface area contributed by atoms with Gasteiger partial charge in [-0.3, -0.25) is 4.79 Å². The van der Waals surface area contributed by atoms with Gasteiger partial charge in [0.15, 0.2) is 0 Å². The molecule has 4 aromatic rings. The molecule has 0 bridgehead atoms. The molecule has 1 aliphatic rings. The van der Waals surface area contributed by atoms with Crippen LogP contribution >= 0.6 is 11.3 Å². The van der Waals surface area contributed by atoms with Crippen molar-refractivity contribution in [2.24, 2.45) is 5.10 Å². The molecule has 0 saturated carbocycles. The third-order valence-corrected chi connectivity index (χ3v) is 6.90. The van der Waals surface area contributed by atoms with Crippen molar-refractivity contribution in [2.45, 2.75) is 19.4 Å². The molecule has 0 saturated heterocycles. The lowest BCUT2D eigenvalue weighted by Gasteiger charge is -2.22. The number of carbonyl (C=O) groups is 1. The summed E-state index contributed by atoms with van der Waals surface area (Å²) in [6, 6.07) is 22.0. The van der Waals surface area contributed by atoms with Crippen LogP contribution < -0.4 is 5.32 Å². The standard InChI is InChI=1S/C27H27N5O2S/c1-19-9-11-20(12-10-19)27-22(18-31(30-27)21-6-3-2-4-7-21)24-16-23(25-8-5-15-35-25)29-32(24)26(34)17-28-13-14-33/h2-12,15,18,24,28,33H,13-14,16-17H2,1H3/t24-/m0/s1. The normalized spacial score (nSPS) is 15.4. The first-order chi connectivity index (χ1) is 17.1. The summed E-state index contributed by atoms with van der Waals surface area (Å²) in [5.41, 5.74) is 5.80. The molecule has 0 unspecified atom stereocenters. The van der Waals surface area contributed by atoms with Gasteiger partial charge in [0.05, 0.1) is 41.2 Å². The van der Waals surface area contributed by atoms with Gasteiger partial charge in [0.25, 0.3) is 5.91 Å². The second kappa shape index (κ2) is 10.4. The molecular weight excluding hydrogens is 458 g/mol. The highest BCUT2D eigenvalue weighted by atomic mass is 32.1. The molecule has 35 heavy (non-hydrogen) atoms. The summed E-state index contributed by atoms with van der Waals surface area (Å²) < 4.78 is 1.88. The fourth-order valence-electron chi connectivity index (χ4n) is 4.21. The number of carbonyl (C=O) groups excluding carboxylic acids is 1. The van der Waals surface area contributed by atoms with Crippen molar-refractivity contribution in [3.8, 4) is 16.9 Å². The van der Waals surface area contributed by atoms with Crippen LogP contribution in [0.25, 0.3) is 16.9 Å². The van der Waals surface area contributed by atoms with E-state index < -0.39 is 0 Å². The summed E-state index contributed by atoms with van der Waals surface area (Å²) in [4.78, 5) is 14.3. The number of amides is 1. The van der Waals surface area contributed by atoms with E-state index in [-0.39, 0.29) is 25.1 Å². The minimum absolute atomic E-state index is 0.0260. The van der Waals surface area contributed by atoms with E-state index in [1.54, 1.807) is 16.3 Å². The number of rotatable bonds is 8. The number of hydrazone groups is 1. The Labute approximate surface area is 208 Å². The summed E-state index contributed by atoms with van der Waals surface area (Å²) in [6.07, 6.45) is 2.62. The summed E-state index contributed by atoms with van der Waals surface area (Å²) in [5.74, 6) is -0.141. The van der Waals surface area contributed by atoms with Crippen LogP contribution in [0.15, 0.2) is 83.4 Å². The lowest BCUT2D eigenvalue weighted by atomic mass is 9.98. The monoisotopic (exact) mass is 485 g/mol. The maximum Gasteiger partial charge on any atom is 0.257 e. The number of aliphatic hydroxyl groups is 1. The van der Waals surface area contributed by atoms with Crippen LogP contribution in [0.3, 0.4) is 0 Å². The number of para-hydroxylation sites is 1. The second-order valence-corrected chi connectivity index (χ2v) is 9.41. The van der Waals surface area contributed by atoms with Crippen molar-refractivity contribution >= 4 is 23.0 Å². The fourth-order valence-corrected chi connectivity index (χ4v) is 4.93. The Morgan fingerprint density at radius 1 is 1.11 bits per heavy atom. The minimum atomic E-state index is -0.288. The smallest absolute Gasteiger partial charge is 0.257 e. The van der Waals surface area contributed by atoms with Crippen molar-refractivity contribution in [1.82, 2.24) is 20.1 Å². The highest BCUT2D eigenvalue weighted by Gasteiger charge is 2.36. The van der Waals surface area contributed by atoms with E-state index in [4.69, 9.17) is 15.3 Å². The van der Waals surface area contributed by atoms with Crippen molar-refractivity contribution in [3.63, 3.8) is 0 Å². The van der Waals surface area contributed by atoms with E-state index in [1.807, 2.05) is 58.7 Å². The fraction of sp³-hybridized carbons (Fsp3) is 0.222. The van der Waals surface area contributed by atoms with Crippen LogP contribution in [-0.4, -0.2) is 51.2 Å². The molecule has 7 nitrogen and oxygen atoms in total. The van der Waals surface area contributed by atoms with E-state index in [1.165, 1.54) is 5.56 Å². The third kappa shape index (κ3) is 4.95. The van der Waals surface area contributed by atoms with Crippen LogP contribution in [0.5, 0.6) is 0 Å². The third-order valence-electron chi connectivity index (χ3n) is 5.98. The lowest BCUT2D eigenvalue weighted by molar-refractivity contribution is -0.132. The molecule has 2 aromatic carbocycles. The van der Waals surface area contributed by atoms with Crippen LogP contribution in [0.1, 0.15) is 28.5 Å².